The maximum atomic E-state index is 11.9. The van der Waals surface area contributed by atoms with Crippen LogP contribution in [0.1, 0.15) is 37.4 Å². The summed E-state index contributed by atoms with van der Waals surface area (Å²) in [6.07, 6.45) is 3.46. The molecule has 0 aromatic carbocycles. The molecule has 84 valence electrons. The Morgan fingerprint density at radius 3 is 2.67 bits per heavy atom. The van der Waals surface area contributed by atoms with Gasteiger partial charge in [-0.2, -0.15) is 0 Å². The molecule has 3 heteroatoms. The van der Waals surface area contributed by atoms with E-state index < -0.39 is 0 Å². The normalized spacial score (nSPS) is 10.6. The van der Waals surface area contributed by atoms with Crippen molar-refractivity contribution in [3.63, 3.8) is 0 Å². The van der Waals surface area contributed by atoms with Crippen molar-refractivity contribution in [1.29, 1.82) is 0 Å². The number of alkyl halides is 1. The molecule has 1 rings (SSSR count). The third kappa shape index (κ3) is 3.20. The van der Waals surface area contributed by atoms with Crippen LogP contribution in [-0.2, 0) is 11.9 Å². The summed E-state index contributed by atoms with van der Waals surface area (Å²) in [6, 6.07) is 3.92. The van der Waals surface area contributed by atoms with Crippen LogP contribution < -0.4 is 5.56 Å². The van der Waals surface area contributed by atoms with Gasteiger partial charge in [-0.15, -0.1) is 0 Å². The second-order valence-electron chi connectivity index (χ2n) is 3.80. The van der Waals surface area contributed by atoms with Gasteiger partial charge in [-0.25, -0.2) is 0 Å². The smallest absolute Gasteiger partial charge is 0.254 e. The van der Waals surface area contributed by atoms with E-state index >= 15 is 0 Å². The van der Waals surface area contributed by atoms with Gasteiger partial charge in [0.1, 0.15) is 0 Å². The van der Waals surface area contributed by atoms with E-state index in [1.165, 1.54) is 12.8 Å². The van der Waals surface area contributed by atoms with Crippen molar-refractivity contribution < 1.29 is 0 Å². The highest BCUT2D eigenvalue weighted by molar-refractivity contribution is 9.08. The molecule has 0 saturated heterocycles. The van der Waals surface area contributed by atoms with Gasteiger partial charge in [0.05, 0.1) is 0 Å². The van der Waals surface area contributed by atoms with E-state index in [1.54, 1.807) is 0 Å². The molecule has 0 radical (unpaired) electrons. The molecule has 0 spiro atoms. The zero-order valence-electron chi connectivity index (χ0n) is 9.42. The lowest BCUT2D eigenvalue weighted by Crippen LogP contribution is -2.24. The summed E-state index contributed by atoms with van der Waals surface area (Å²) in [5.41, 5.74) is 2.06. The quantitative estimate of drug-likeness (QED) is 0.595. The molecule has 1 heterocycles. The molecule has 0 aliphatic heterocycles. The van der Waals surface area contributed by atoms with Gasteiger partial charge in [-0.3, -0.25) is 4.79 Å². The molecule has 0 unspecified atom stereocenters. The van der Waals surface area contributed by atoms with Crippen LogP contribution in [0.3, 0.4) is 0 Å². The highest BCUT2D eigenvalue weighted by Gasteiger charge is 2.04. The summed E-state index contributed by atoms with van der Waals surface area (Å²) < 4.78 is 1.88. The van der Waals surface area contributed by atoms with Crippen LogP contribution in [0, 0.1) is 6.92 Å². The van der Waals surface area contributed by atoms with Gasteiger partial charge < -0.3 is 4.57 Å². The minimum absolute atomic E-state index is 0.156. The summed E-state index contributed by atoms with van der Waals surface area (Å²) >= 11 is 3.34. The molecule has 0 bridgehead atoms. The molecule has 0 fully saturated rings. The van der Waals surface area contributed by atoms with E-state index in [0.717, 1.165) is 24.2 Å². The van der Waals surface area contributed by atoms with Gasteiger partial charge in [0, 0.05) is 23.1 Å². The van der Waals surface area contributed by atoms with Gasteiger partial charge in [-0.05, 0) is 19.4 Å². The molecule has 2 nitrogen and oxygen atoms in total. The number of hydrogen-bond donors (Lipinski definition) is 0. The van der Waals surface area contributed by atoms with E-state index in [2.05, 4.69) is 22.9 Å². The molecule has 0 atom stereocenters. The first-order valence-corrected chi connectivity index (χ1v) is 6.58. The van der Waals surface area contributed by atoms with E-state index in [4.69, 9.17) is 0 Å². The van der Waals surface area contributed by atoms with Crippen LogP contribution in [0.5, 0.6) is 0 Å². The molecular weight excluding hydrogens is 254 g/mol. The lowest BCUT2D eigenvalue weighted by Gasteiger charge is -2.10. The number of aryl methyl sites for hydroxylation is 1. The van der Waals surface area contributed by atoms with Crippen molar-refractivity contribution in [2.75, 3.05) is 0 Å². The minimum atomic E-state index is 0.156. The molecule has 0 N–H and O–H groups in total. The van der Waals surface area contributed by atoms with Crippen molar-refractivity contribution in [3.05, 3.63) is 33.7 Å². The Bertz CT molecular complexity index is 370. The van der Waals surface area contributed by atoms with Gasteiger partial charge in [-0.1, -0.05) is 41.8 Å². The standard InChI is InChI=1S/C12H18BrNO/c1-3-4-5-8-14-10(2)6-7-11(9-13)12(14)15/h6-7H,3-5,8-9H2,1-2H3. The van der Waals surface area contributed by atoms with Crippen LogP contribution >= 0.6 is 15.9 Å². The monoisotopic (exact) mass is 271 g/mol. The molecule has 0 aliphatic carbocycles. The summed E-state index contributed by atoms with van der Waals surface area (Å²) in [5.74, 6) is 0. The van der Waals surface area contributed by atoms with E-state index in [0.29, 0.717) is 5.33 Å². The highest BCUT2D eigenvalue weighted by Crippen LogP contribution is 2.04. The number of pyridine rings is 1. The molecule has 0 amide bonds. The van der Waals surface area contributed by atoms with Gasteiger partial charge in [0.25, 0.3) is 5.56 Å². The fourth-order valence-corrected chi connectivity index (χ4v) is 2.04. The third-order valence-electron chi connectivity index (χ3n) is 2.60. The Kier molecular flexibility index (Phi) is 5.09. The second-order valence-corrected chi connectivity index (χ2v) is 4.36. The average Bonchev–Trinajstić information content (AvgIpc) is 2.23. The van der Waals surface area contributed by atoms with Crippen LogP contribution in [0.4, 0.5) is 0 Å². The lowest BCUT2D eigenvalue weighted by molar-refractivity contribution is 0.574. The predicted molar refractivity (Wildman–Crippen MR) is 67.6 cm³/mol. The third-order valence-corrected chi connectivity index (χ3v) is 3.20. The molecule has 15 heavy (non-hydrogen) atoms. The molecule has 0 saturated carbocycles. The largest absolute Gasteiger partial charge is 0.313 e. The molecule has 1 aromatic rings. The first-order valence-electron chi connectivity index (χ1n) is 5.46. The number of unbranched alkanes of at least 4 members (excludes halogenated alkanes) is 2. The fraction of sp³-hybridized carbons (Fsp3) is 0.583. The van der Waals surface area contributed by atoms with Gasteiger partial charge >= 0.3 is 0 Å². The molecular formula is C12H18BrNO. The Hall–Kier alpha value is -0.570. The summed E-state index contributed by atoms with van der Waals surface area (Å²) in [7, 11) is 0. The zero-order valence-corrected chi connectivity index (χ0v) is 11.0. The summed E-state index contributed by atoms with van der Waals surface area (Å²) in [5, 5.41) is 0.639. The van der Waals surface area contributed by atoms with Gasteiger partial charge in [0.2, 0.25) is 0 Å². The maximum absolute atomic E-state index is 11.9. The van der Waals surface area contributed by atoms with E-state index in [-0.39, 0.29) is 5.56 Å². The van der Waals surface area contributed by atoms with Crippen molar-refractivity contribution in [2.24, 2.45) is 0 Å². The second kappa shape index (κ2) is 6.11. The Morgan fingerprint density at radius 1 is 1.33 bits per heavy atom. The summed E-state index contributed by atoms with van der Waals surface area (Å²) in [6.45, 7) is 5.01. The predicted octanol–water partition coefficient (Wildman–Crippen LogP) is 3.24. The molecule has 1 aromatic heterocycles. The van der Waals surface area contributed by atoms with Crippen LogP contribution in [-0.4, -0.2) is 4.57 Å². The Morgan fingerprint density at radius 2 is 2.07 bits per heavy atom. The molecule has 0 aliphatic rings. The number of halogens is 1. The lowest BCUT2D eigenvalue weighted by atomic mass is 10.2. The van der Waals surface area contributed by atoms with Crippen molar-refractivity contribution in [3.8, 4) is 0 Å². The zero-order chi connectivity index (χ0) is 11.3. The first kappa shape index (κ1) is 12.5. The van der Waals surface area contributed by atoms with Crippen LogP contribution in [0.15, 0.2) is 16.9 Å². The number of hydrogen-bond acceptors (Lipinski definition) is 1. The van der Waals surface area contributed by atoms with Crippen molar-refractivity contribution in [1.82, 2.24) is 4.57 Å². The minimum Gasteiger partial charge on any atom is -0.313 e. The number of rotatable bonds is 5. The van der Waals surface area contributed by atoms with E-state index in [9.17, 15) is 4.79 Å². The van der Waals surface area contributed by atoms with Crippen molar-refractivity contribution in [2.45, 2.75) is 45.0 Å². The van der Waals surface area contributed by atoms with Crippen molar-refractivity contribution >= 4 is 15.9 Å². The highest BCUT2D eigenvalue weighted by atomic mass is 79.9. The Balaban J connectivity index is 2.89. The van der Waals surface area contributed by atoms with Crippen LogP contribution in [0.2, 0.25) is 0 Å². The van der Waals surface area contributed by atoms with Crippen LogP contribution in [0.25, 0.3) is 0 Å². The topological polar surface area (TPSA) is 22.0 Å². The van der Waals surface area contributed by atoms with Gasteiger partial charge in [0.15, 0.2) is 0 Å². The summed E-state index contributed by atoms with van der Waals surface area (Å²) in [4.78, 5) is 11.9. The SMILES string of the molecule is CCCCCn1c(C)ccc(CBr)c1=O. The average molecular weight is 272 g/mol. The maximum Gasteiger partial charge on any atom is 0.254 e. The first-order chi connectivity index (χ1) is 7.20. The van der Waals surface area contributed by atoms with E-state index in [1.807, 2.05) is 23.6 Å². The Labute approximate surface area is 99.4 Å². The number of aromatic nitrogens is 1. The fourth-order valence-electron chi connectivity index (χ4n) is 1.62. The number of nitrogens with zero attached hydrogens (tertiary/aromatic N) is 1.